The highest BCUT2D eigenvalue weighted by Gasteiger charge is 2.22. The monoisotopic (exact) mass is 290 g/mol. The summed E-state index contributed by atoms with van der Waals surface area (Å²) in [5.41, 5.74) is 0. The number of esters is 1. The maximum absolute atomic E-state index is 11.4. The largest absolute Gasteiger partial charge is 0.465 e. The van der Waals surface area contributed by atoms with Crippen molar-refractivity contribution in [2.45, 2.75) is 31.9 Å². The van der Waals surface area contributed by atoms with E-state index in [4.69, 9.17) is 16.3 Å². The van der Waals surface area contributed by atoms with Gasteiger partial charge in [0.05, 0.1) is 13.2 Å². The molecule has 0 spiro atoms. The van der Waals surface area contributed by atoms with Crippen LogP contribution in [0.5, 0.6) is 0 Å². The molecule has 100 valence electrons. The van der Waals surface area contributed by atoms with Gasteiger partial charge in [-0.05, 0) is 19.8 Å². The lowest BCUT2D eigenvalue weighted by atomic mass is 10.1. The van der Waals surface area contributed by atoms with Crippen LogP contribution in [0.25, 0.3) is 0 Å². The number of ether oxygens (including phenoxy) is 2. The molecule has 1 aliphatic heterocycles. The Balaban J connectivity index is 2.03. The molecule has 1 N–H and O–H groups in total. The molecular weight excluding hydrogens is 276 g/mol. The molecule has 1 saturated heterocycles. The first-order valence-electron chi connectivity index (χ1n) is 5.73. The van der Waals surface area contributed by atoms with Gasteiger partial charge < -0.3 is 14.8 Å². The summed E-state index contributed by atoms with van der Waals surface area (Å²) in [7, 11) is 1.33. The van der Waals surface area contributed by atoms with Crippen molar-refractivity contribution in [1.29, 1.82) is 0 Å². The topological polar surface area (TPSA) is 60.5 Å². The van der Waals surface area contributed by atoms with Crippen molar-refractivity contribution in [2.24, 2.45) is 0 Å². The summed E-state index contributed by atoms with van der Waals surface area (Å²) in [6, 6.07) is 0.307. The first-order chi connectivity index (χ1) is 8.60. The molecule has 18 heavy (non-hydrogen) atoms. The second kappa shape index (κ2) is 5.86. The third-order valence-corrected chi connectivity index (χ3v) is 4.12. The van der Waals surface area contributed by atoms with Crippen LogP contribution in [0.2, 0.25) is 5.15 Å². The summed E-state index contributed by atoms with van der Waals surface area (Å²) in [5.74, 6) is -0.453. The summed E-state index contributed by atoms with van der Waals surface area (Å²) in [6.45, 7) is 2.78. The zero-order valence-corrected chi connectivity index (χ0v) is 11.8. The van der Waals surface area contributed by atoms with E-state index in [0.29, 0.717) is 16.1 Å². The van der Waals surface area contributed by atoms with Crippen LogP contribution in [0.3, 0.4) is 0 Å². The van der Waals surface area contributed by atoms with Gasteiger partial charge in [0.2, 0.25) is 0 Å². The van der Waals surface area contributed by atoms with Gasteiger partial charge in [-0.1, -0.05) is 22.9 Å². The van der Waals surface area contributed by atoms with Crippen molar-refractivity contribution in [3.05, 3.63) is 10.0 Å². The van der Waals surface area contributed by atoms with Crippen molar-refractivity contribution in [3.63, 3.8) is 0 Å². The van der Waals surface area contributed by atoms with Crippen LogP contribution in [-0.2, 0) is 9.47 Å². The maximum Gasteiger partial charge on any atom is 0.351 e. The highest BCUT2D eigenvalue weighted by molar-refractivity contribution is 7.18. The molecule has 0 saturated carbocycles. The van der Waals surface area contributed by atoms with E-state index < -0.39 is 5.97 Å². The molecule has 2 rings (SSSR count). The molecule has 1 aliphatic rings. The molecule has 2 unspecified atom stereocenters. The third-order valence-electron chi connectivity index (χ3n) is 2.77. The molecule has 1 aromatic rings. The lowest BCUT2D eigenvalue weighted by molar-refractivity contribution is 0.0232. The second-order valence-corrected chi connectivity index (χ2v) is 5.53. The number of halogens is 1. The Bertz CT molecular complexity index is 438. The Labute approximate surface area is 114 Å². The van der Waals surface area contributed by atoms with Crippen LogP contribution in [-0.4, -0.2) is 36.8 Å². The fourth-order valence-electron chi connectivity index (χ4n) is 1.89. The van der Waals surface area contributed by atoms with Gasteiger partial charge in [-0.2, -0.15) is 0 Å². The van der Waals surface area contributed by atoms with Crippen LogP contribution in [0.1, 0.15) is 29.4 Å². The minimum atomic E-state index is -0.453. The van der Waals surface area contributed by atoms with Crippen LogP contribution in [0.15, 0.2) is 0 Å². The van der Waals surface area contributed by atoms with E-state index in [1.54, 1.807) is 0 Å². The molecule has 5 nitrogen and oxygen atoms in total. The normalized spacial score (nSPS) is 23.7. The number of anilines is 1. The summed E-state index contributed by atoms with van der Waals surface area (Å²) in [4.78, 5) is 15.9. The van der Waals surface area contributed by atoms with E-state index in [-0.39, 0.29) is 11.3 Å². The second-order valence-electron chi connectivity index (χ2n) is 4.18. The molecule has 0 radical (unpaired) electrons. The van der Waals surface area contributed by atoms with Gasteiger partial charge >= 0.3 is 5.97 Å². The molecule has 1 fully saturated rings. The minimum Gasteiger partial charge on any atom is -0.465 e. The van der Waals surface area contributed by atoms with Crippen LogP contribution in [0, 0.1) is 0 Å². The summed E-state index contributed by atoms with van der Waals surface area (Å²) in [5, 5.41) is 4.13. The number of hydrogen-bond acceptors (Lipinski definition) is 6. The average Bonchev–Trinajstić information content (AvgIpc) is 2.69. The van der Waals surface area contributed by atoms with Gasteiger partial charge in [-0.3, -0.25) is 0 Å². The zero-order chi connectivity index (χ0) is 13.1. The number of thiazole rings is 1. The molecular formula is C11H15ClN2O3S. The summed E-state index contributed by atoms with van der Waals surface area (Å²) >= 11 is 7.12. The highest BCUT2D eigenvalue weighted by atomic mass is 35.5. The Hall–Kier alpha value is -0.850. The van der Waals surface area contributed by atoms with Gasteiger partial charge in [0.15, 0.2) is 15.2 Å². The number of hydrogen-bond donors (Lipinski definition) is 1. The summed E-state index contributed by atoms with van der Waals surface area (Å²) in [6.07, 6.45) is 2.09. The number of methoxy groups -OCH3 is 1. The standard InChI is InChI=1S/C11H15ClN2O3S/c1-6-5-7(3-4-17-6)13-11-14-9(12)8(18-11)10(15)16-2/h6-7H,3-5H2,1-2H3,(H,13,14). The fraction of sp³-hybridized carbons (Fsp3) is 0.636. The van der Waals surface area contributed by atoms with Crippen molar-refractivity contribution in [3.8, 4) is 0 Å². The number of carbonyl (C=O) groups is 1. The Kier molecular flexibility index (Phi) is 4.42. The lowest BCUT2D eigenvalue weighted by Gasteiger charge is -2.27. The first-order valence-corrected chi connectivity index (χ1v) is 6.92. The van der Waals surface area contributed by atoms with E-state index in [2.05, 4.69) is 15.0 Å². The van der Waals surface area contributed by atoms with Crippen molar-refractivity contribution in [1.82, 2.24) is 4.98 Å². The number of nitrogens with zero attached hydrogens (tertiary/aromatic N) is 1. The molecule has 0 amide bonds. The minimum absolute atomic E-state index is 0.189. The zero-order valence-electron chi connectivity index (χ0n) is 10.2. The van der Waals surface area contributed by atoms with Gasteiger partial charge in [0.1, 0.15) is 0 Å². The molecule has 2 heterocycles. The van der Waals surface area contributed by atoms with Crippen LogP contribution < -0.4 is 5.32 Å². The first kappa shape index (κ1) is 13.6. The molecule has 7 heteroatoms. The Morgan fingerprint density at radius 1 is 1.67 bits per heavy atom. The fourth-order valence-corrected chi connectivity index (χ4v) is 3.07. The predicted molar refractivity (Wildman–Crippen MR) is 70.5 cm³/mol. The van der Waals surface area contributed by atoms with Crippen LogP contribution >= 0.6 is 22.9 Å². The molecule has 0 aliphatic carbocycles. The van der Waals surface area contributed by atoms with E-state index in [0.717, 1.165) is 19.4 Å². The van der Waals surface area contributed by atoms with Gasteiger partial charge in [0, 0.05) is 12.6 Å². The number of carbonyl (C=O) groups excluding carboxylic acids is 1. The van der Waals surface area contributed by atoms with Gasteiger partial charge in [-0.15, -0.1) is 0 Å². The molecule has 2 atom stereocenters. The molecule has 0 aromatic carbocycles. The van der Waals surface area contributed by atoms with E-state index in [1.807, 2.05) is 6.92 Å². The number of aromatic nitrogens is 1. The SMILES string of the molecule is COC(=O)c1sc(NC2CCOC(C)C2)nc1Cl. The Morgan fingerprint density at radius 3 is 3.11 bits per heavy atom. The molecule has 0 bridgehead atoms. The smallest absolute Gasteiger partial charge is 0.351 e. The van der Waals surface area contributed by atoms with Crippen molar-refractivity contribution < 1.29 is 14.3 Å². The quantitative estimate of drug-likeness (QED) is 0.867. The van der Waals surface area contributed by atoms with E-state index in [1.165, 1.54) is 18.4 Å². The van der Waals surface area contributed by atoms with Gasteiger partial charge in [-0.25, -0.2) is 9.78 Å². The van der Waals surface area contributed by atoms with Gasteiger partial charge in [0.25, 0.3) is 0 Å². The molecule has 1 aromatic heterocycles. The third kappa shape index (κ3) is 3.13. The van der Waals surface area contributed by atoms with E-state index in [9.17, 15) is 4.79 Å². The van der Waals surface area contributed by atoms with Crippen LogP contribution in [0.4, 0.5) is 5.13 Å². The highest BCUT2D eigenvalue weighted by Crippen LogP contribution is 2.29. The summed E-state index contributed by atoms with van der Waals surface area (Å²) < 4.78 is 10.1. The number of rotatable bonds is 3. The van der Waals surface area contributed by atoms with E-state index >= 15 is 0 Å². The van der Waals surface area contributed by atoms with Crippen molar-refractivity contribution >= 4 is 34.0 Å². The lowest BCUT2D eigenvalue weighted by Crippen LogP contribution is -2.32. The average molecular weight is 291 g/mol. The predicted octanol–water partition coefficient (Wildman–Crippen LogP) is 2.56. The number of nitrogens with one attached hydrogen (secondary N) is 1. The Morgan fingerprint density at radius 2 is 2.44 bits per heavy atom. The maximum atomic E-state index is 11.4. The van der Waals surface area contributed by atoms with Crippen molar-refractivity contribution in [2.75, 3.05) is 19.0 Å².